The smallest absolute Gasteiger partial charge is 0.207 e. The van der Waals surface area contributed by atoms with Gasteiger partial charge in [-0.1, -0.05) is 72.8 Å². The monoisotopic (exact) mass is 472 g/mol. The molecule has 172 valence electrons. The Hall–Kier alpha value is -5.32. The molecule has 0 fully saturated rings. The van der Waals surface area contributed by atoms with E-state index in [4.69, 9.17) is 6.57 Å². The fraction of sp³-hybridized carbons (Fsp3) is 0.0303. The lowest BCUT2D eigenvalue weighted by molar-refractivity contribution is 1.07. The minimum Gasteiger partial charge on any atom is -0.308 e. The lowest BCUT2D eigenvalue weighted by Crippen LogP contribution is -2.07. The quantitative estimate of drug-likeness (QED) is 0.232. The van der Waals surface area contributed by atoms with E-state index in [2.05, 4.69) is 92.8 Å². The number of hydrogen-bond donors (Lipinski definition) is 0. The third-order valence-corrected chi connectivity index (χ3v) is 7.36. The van der Waals surface area contributed by atoms with Gasteiger partial charge in [0.15, 0.2) is 0 Å². The van der Waals surface area contributed by atoms with Crippen molar-refractivity contribution in [3.05, 3.63) is 126 Å². The molecule has 5 aromatic carbocycles. The maximum Gasteiger partial charge on any atom is 0.207 e. The molecule has 0 bridgehead atoms. The summed E-state index contributed by atoms with van der Waals surface area (Å²) in [5, 5.41) is 14.7. The van der Waals surface area contributed by atoms with Gasteiger partial charge in [0.25, 0.3) is 0 Å². The van der Waals surface area contributed by atoms with Crippen LogP contribution in [0.5, 0.6) is 0 Å². The minimum atomic E-state index is 0.362. The first-order valence-electron chi connectivity index (χ1n) is 12.1. The first-order valence-corrected chi connectivity index (χ1v) is 12.1. The van der Waals surface area contributed by atoms with Gasteiger partial charge in [0, 0.05) is 21.5 Å². The van der Waals surface area contributed by atoms with E-state index in [1.54, 1.807) is 0 Å². The number of fused-ring (bicyclic) bond motifs is 6. The van der Waals surface area contributed by atoms with Crippen molar-refractivity contribution in [2.45, 2.75) is 6.92 Å². The first-order chi connectivity index (χ1) is 18.2. The van der Waals surface area contributed by atoms with E-state index in [9.17, 15) is 5.26 Å². The Labute approximate surface area is 213 Å². The Bertz CT molecular complexity index is 2020. The standard InChI is InChI=1S/C33H20N4/c1-21-26(20-34)27(35-2)19-32(36-28-15-7-3-11-22(28)23-12-4-8-16-29(23)36)33(21)37-30-17-9-5-13-24(30)25-14-6-10-18-31(25)37/h3-19H,1H3. The van der Waals surface area contributed by atoms with Gasteiger partial charge < -0.3 is 9.13 Å². The van der Waals surface area contributed by atoms with Crippen LogP contribution in [-0.2, 0) is 0 Å². The topological polar surface area (TPSA) is 38.0 Å². The zero-order valence-corrected chi connectivity index (χ0v) is 20.1. The SMILES string of the molecule is [C-]#[N+]c1cc(-n2c3ccccc3c3ccccc32)c(-n2c3ccccc3c3ccccc32)c(C)c1C#N. The average Bonchev–Trinajstić information content (AvgIpc) is 3.46. The highest BCUT2D eigenvalue weighted by molar-refractivity contribution is 6.11. The third kappa shape index (κ3) is 2.82. The first kappa shape index (κ1) is 21.0. The van der Waals surface area contributed by atoms with Crippen molar-refractivity contribution in [1.82, 2.24) is 9.13 Å². The van der Waals surface area contributed by atoms with Gasteiger partial charge in [0.2, 0.25) is 5.69 Å². The van der Waals surface area contributed by atoms with Crippen molar-refractivity contribution in [2.75, 3.05) is 0 Å². The summed E-state index contributed by atoms with van der Waals surface area (Å²) in [6, 6.07) is 37.7. The molecule has 4 nitrogen and oxygen atoms in total. The second-order valence-corrected chi connectivity index (χ2v) is 9.23. The van der Waals surface area contributed by atoms with Gasteiger partial charge in [-0.15, -0.1) is 0 Å². The molecule has 37 heavy (non-hydrogen) atoms. The van der Waals surface area contributed by atoms with E-state index >= 15 is 0 Å². The van der Waals surface area contributed by atoms with E-state index in [-0.39, 0.29) is 0 Å². The molecular formula is C33H20N4. The molecule has 0 aliphatic heterocycles. The van der Waals surface area contributed by atoms with Crippen LogP contribution in [0.25, 0.3) is 59.8 Å². The van der Waals surface area contributed by atoms with Crippen LogP contribution in [0.1, 0.15) is 11.1 Å². The molecule has 0 aliphatic carbocycles. The van der Waals surface area contributed by atoms with E-state index < -0.39 is 0 Å². The van der Waals surface area contributed by atoms with Gasteiger partial charge in [-0.05, 0) is 42.8 Å². The second-order valence-electron chi connectivity index (χ2n) is 9.23. The highest BCUT2D eigenvalue weighted by Crippen LogP contribution is 2.42. The number of hydrogen-bond acceptors (Lipinski definition) is 1. The maximum atomic E-state index is 10.1. The molecule has 0 atom stereocenters. The Balaban J connectivity index is 1.75. The maximum absolute atomic E-state index is 10.1. The predicted molar refractivity (Wildman–Crippen MR) is 151 cm³/mol. The van der Waals surface area contributed by atoms with Gasteiger partial charge in [-0.3, -0.25) is 0 Å². The summed E-state index contributed by atoms with van der Waals surface area (Å²) in [5.74, 6) is 0. The second kappa shape index (κ2) is 7.85. The molecule has 7 aromatic rings. The normalized spacial score (nSPS) is 11.3. The van der Waals surface area contributed by atoms with Crippen LogP contribution in [0.2, 0.25) is 0 Å². The van der Waals surface area contributed by atoms with Crippen molar-refractivity contribution < 1.29 is 0 Å². The molecule has 0 N–H and O–H groups in total. The Morgan fingerprint density at radius 3 is 1.46 bits per heavy atom. The van der Waals surface area contributed by atoms with Gasteiger partial charge in [0.05, 0.1) is 51.6 Å². The van der Waals surface area contributed by atoms with Crippen molar-refractivity contribution in [1.29, 1.82) is 5.26 Å². The van der Waals surface area contributed by atoms with Crippen LogP contribution >= 0.6 is 0 Å². The molecule has 7 rings (SSSR count). The molecule has 0 aliphatic rings. The summed E-state index contributed by atoms with van der Waals surface area (Å²) < 4.78 is 4.50. The summed E-state index contributed by atoms with van der Waals surface area (Å²) in [6.07, 6.45) is 0. The molecule has 2 aromatic heterocycles. The van der Waals surface area contributed by atoms with E-state index in [1.165, 1.54) is 0 Å². The lowest BCUT2D eigenvalue weighted by Gasteiger charge is -2.21. The van der Waals surface area contributed by atoms with Crippen LogP contribution < -0.4 is 0 Å². The highest BCUT2D eigenvalue weighted by Gasteiger charge is 2.23. The van der Waals surface area contributed by atoms with Crippen molar-refractivity contribution in [3.8, 4) is 17.4 Å². The average molecular weight is 473 g/mol. The van der Waals surface area contributed by atoms with Crippen LogP contribution in [0, 0.1) is 24.8 Å². The fourth-order valence-electron chi connectivity index (χ4n) is 5.80. The molecule has 0 radical (unpaired) electrons. The largest absolute Gasteiger partial charge is 0.308 e. The number of rotatable bonds is 2. The molecule has 0 amide bonds. The van der Waals surface area contributed by atoms with Crippen molar-refractivity contribution >= 4 is 49.3 Å². The Kier molecular flexibility index (Phi) is 4.46. The number of nitrogens with zero attached hydrogens (tertiary/aromatic N) is 4. The number of aromatic nitrogens is 2. The fourth-order valence-corrected chi connectivity index (χ4v) is 5.80. The summed E-state index contributed by atoms with van der Waals surface area (Å²) in [7, 11) is 0. The molecule has 2 heterocycles. The summed E-state index contributed by atoms with van der Waals surface area (Å²) >= 11 is 0. The zero-order chi connectivity index (χ0) is 25.1. The van der Waals surface area contributed by atoms with Gasteiger partial charge in [-0.25, -0.2) is 4.85 Å². The molecular weight excluding hydrogens is 452 g/mol. The number of nitriles is 1. The Morgan fingerprint density at radius 1 is 0.649 bits per heavy atom. The van der Waals surface area contributed by atoms with Gasteiger partial charge in [0.1, 0.15) is 0 Å². The van der Waals surface area contributed by atoms with Gasteiger partial charge >= 0.3 is 0 Å². The minimum absolute atomic E-state index is 0.362. The highest BCUT2D eigenvalue weighted by atomic mass is 15.1. The van der Waals surface area contributed by atoms with Crippen LogP contribution in [-0.4, -0.2) is 9.13 Å². The van der Waals surface area contributed by atoms with Crippen LogP contribution in [0.3, 0.4) is 0 Å². The molecule has 0 unspecified atom stereocenters. The molecule has 0 saturated heterocycles. The van der Waals surface area contributed by atoms with Crippen LogP contribution in [0.15, 0.2) is 103 Å². The van der Waals surface area contributed by atoms with E-state index in [0.717, 1.165) is 60.5 Å². The summed E-state index contributed by atoms with van der Waals surface area (Å²) in [6.45, 7) is 9.86. The summed E-state index contributed by atoms with van der Waals surface area (Å²) in [4.78, 5) is 3.78. The van der Waals surface area contributed by atoms with E-state index in [1.807, 2.05) is 37.3 Å². The van der Waals surface area contributed by atoms with Crippen LogP contribution in [0.4, 0.5) is 5.69 Å². The zero-order valence-electron chi connectivity index (χ0n) is 20.1. The van der Waals surface area contributed by atoms with Crippen molar-refractivity contribution in [2.24, 2.45) is 0 Å². The van der Waals surface area contributed by atoms with Gasteiger partial charge in [-0.2, -0.15) is 5.26 Å². The third-order valence-electron chi connectivity index (χ3n) is 7.36. The molecule has 0 spiro atoms. The lowest BCUT2D eigenvalue weighted by atomic mass is 10.0. The van der Waals surface area contributed by atoms with E-state index in [0.29, 0.717) is 11.3 Å². The molecule has 0 saturated carbocycles. The number of benzene rings is 5. The van der Waals surface area contributed by atoms with Crippen molar-refractivity contribution in [3.63, 3.8) is 0 Å². The number of para-hydroxylation sites is 4. The Morgan fingerprint density at radius 2 is 1.05 bits per heavy atom. The molecule has 4 heteroatoms. The predicted octanol–water partition coefficient (Wildman–Crippen LogP) is 8.61. The summed E-state index contributed by atoms with van der Waals surface area (Å²) in [5.41, 5.74) is 7.61.